The molecule has 0 nitrogen and oxygen atoms in total. The third-order valence-electron chi connectivity index (χ3n) is 1.77. The molecule has 0 fully saturated rings. The predicted molar refractivity (Wildman–Crippen MR) is 64.1 cm³/mol. The second kappa shape index (κ2) is 8.06. The monoisotopic (exact) mass is 184 g/mol. The highest BCUT2D eigenvalue weighted by molar-refractivity contribution is 5.19. The summed E-state index contributed by atoms with van der Waals surface area (Å²) in [5, 5.41) is 0. The van der Waals surface area contributed by atoms with Crippen LogP contribution in [0.15, 0.2) is 72.9 Å². The Morgan fingerprint density at radius 3 is 1.00 bits per heavy atom. The molecule has 0 atom stereocenters. The molecule has 0 heterocycles. The topological polar surface area (TPSA) is 0 Å². The highest BCUT2D eigenvalue weighted by Gasteiger charge is 1.74. The molecule has 0 saturated heterocycles. The van der Waals surface area contributed by atoms with Crippen LogP contribution >= 0.6 is 0 Å². The van der Waals surface area contributed by atoms with Crippen molar-refractivity contribution in [3.05, 3.63) is 72.9 Å². The minimum absolute atomic E-state index is 1.11. The maximum absolute atomic E-state index is 2.18. The Kier molecular flexibility index (Phi) is 6.05. The molecular formula is C14H16. The van der Waals surface area contributed by atoms with E-state index in [0.717, 1.165) is 12.8 Å². The normalized spacial score (nSPS) is 30.9. The van der Waals surface area contributed by atoms with Crippen LogP contribution in [0.3, 0.4) is 0 Å². The minimum atomic E-state index is 1.11. The van der Waals surface area contributed by atoms with Crippen molar-refractivity contribution in [2.24, 2.45) is 0 Å². The number of rotatable bonds is 0. The van der Waals surface area contributed by atoms with E-state index in [-0.39, 0.29) is 0 Å². The van der Waals surface area contributed by atoms with Crippen molar-refractivity contribution in [2.75, 3.05) is 0 Å². The van der Waals surface area contributed by atoms with Gasteiger partial charge in [-0.2, -0.15) is 0 Å². The molecular weight excluding hydrogens is 168 g/mol. The zero-order valence-corrected chi connectivity index (χ0v) is 8.34. The molecule has 1 rings (SSSR count). The van der Waals surface area contributed by atoms with E-state index in [0.29, 0.717) is 0 Å². The smallest absolute Gasteiger partial charge is 0.0313 e. The Balaban J connectivity index is 2.56. The van der Waals surface area contributed by atoms with Gasteiger partial charge in [-0.1, -0.05) is 72.9 Å². The van der Waals surface area contributed by atoms with Crippen molar-refractivity contribution in [1.29, 1.82) is 0 Å². The van der Waals surface area contributed by atoms with Crippen LogP contribution in [0.2, 0.25) is 0 Å². The summed E-state index contributed by atoms with van der Waals surface area (Å²) in [5.41, 5.74) is 0. The van der Waals surface area contributed by atoms with E-state index in [2.05, 4.69) is 36.5 Å². The number of allylic oxidation sites excluding steroid dienone is 12. The summed E-state index contributed by atoms with van der Waals surface area (Å²) >= 11 is 0. The average molecular weight is 184 g/mol. The Bertz CT molecular complexity index is 264. The molecule has 0 amide bonds. The Labute approximate surface area is 86.3 Å². The van der Waals surface area contributed by atoms with Crippen LogP contribution < -0.4 is 0 Å². The van der Waals surface area contributed by atoms with Gasteiger partial charge in [0.05, 0.1) is 0 Å². The van der Waals surface area contributed by atoms with Crippen molar-refractivity contribution >= 4 is 0 Å². The largest absolute Gasteiger partial charge is 0.0842 e. The number of hydrogen-bond donors (Lipinski definition) is 0. The summed E-state index contributed by atoms with van der Waals surface area (Å²) < 4.78 is 0. The van der Waals surface area contributed by atoms with Gasteiger partial charge in [0.2, 0.25) is 0 Å². The first-order chi connectivity index (χ1) is 7.00. The fourth-order valence-electron chi connectivity index (χ4n) is 1.06. The van der Waals surface area contributed by atoms with Crippen LogP contribution in [0.25, 0.3) is 0 Å². The first-order valence-corrected chi connectivity index (χ1v) is 4.98. The summed E-state index contributed by atoms with van der Waals surface area (Å²) in [6, 6.07) is 0. The molecule has 0 N–H and O–H groups in total. The molecule has 0 radical (unpaired) electrons. The lowest BCUT2D eigenvalue weighted by atomic mass is 10.2. The lowest BCUT2D eigenvalue weighted by Gasteiger charge is -1.84. The van der Waals surface area contributed by atoms with Crippen LogP contribution in [0.1, 0.15) is 12.8 Å². The molecule has 0 aromatic rings. The van der Waals surface area contributed by atoms with E-state index < -0.39 is 0 Å². The van der Waals surface area contributed by atoms with Crippen molar-refractivity contribution in [1.82, 2.24) is 0 Å². The lowest BCUT2D eigenvalue weighted by molar-refractivity contribution is 1.05. The summed E-state index contributed by atoms with van der Waals surface area (Å²) in [7, 11) is 0. The van der Waals surface area contributed by atoms with Crippen LogP contribution in [-0.4, -0.2) is 0 Å². The molecule has 0 heteroatoms. The fourth-order valence-corrected chi connectivity index (χ4v) is 1.06. The van der Waals surface area contributed by atoms with Crippen LogP contribution in [0, 0.1) is 0 Å². The Morgan fingerprint density at radius 2 is 0.643 bits per heavy atom. The Hall–Kier alpha value is -1.56. The van der Waals surface area contributed by atoms with Gasteiger partial charge in [-0.25, -0.2) is 0 Å². The maximum Gasteiger partial charge on any atom is -0.0313 e. The zero-order chi connectivity index (χ0) is 9.90. The van der Waals surface area contributed by atoms with E-state index in [1.807, 2.05) is 36.5 Å². The summed E-state index contributed by atoms with van der Waals surface area (Å²) in [6.07, 6.45) is 27.0. The molecule has 14 heavy (non-hydrogen) atoms. The van der Waals surface area contributed by atoms with Gasteiger partial charge in [0.25, 0.3) is 0 Å². The molecule has 1 aliphatic rings. The highest BCUT2D eigenvalue weighted by Crippen LogP contribution is 1.94. The molecule has 0 spiro atoms. The van der Waals surface area contributed by atoms with Gasteiger partial charge in [0, 0.05) is 0 Å². The molecule has 72 valence electrons. The maximum atomic E-state index is 2.18. The minimum Gasteiger partial charge on any atom is -0.0842 e. The van der Waals surface area contributed by atoms with Gasteiger partial charge < -0.3 is 0 Å². The summed E-state index contributed by atoms with van der Waals surface area (Å²) in [5.74, 6) is 0. The standard InChI is InChI=1S/C14H16/c1-2-4-6-8-10-12-14-13-11-9-7-5-3-1/h1-12H,13-14H2/b3-1-,4-2+,7-5+,8-6-,11-9+,12-10+. The van der Waals surface area contributed by atoms with E-state index in [1.165, 1.54) is 0 Å². The summed E-state index contributed by atoms with van der Waals surface area (Å²) in [6.45, 7) is 0. The molecule has 0 bridgehead atoms. The fraction of sp³-hybridized carbons (Fsp3) is 0.143. The third-order valence-corrected chi connectivity index (χ3v) is 1.77. The van der Waals surface area contributed by atoms with Crippen molar-refractivity contribution < 1.29 is 0 Å². The zero-order valence-electron chi connectivity index (χ0n) is 8.34. The van der Waals surface area contributed by atoms with Crippen LogP contribution in [0.4, 0.5) is 0 Å². The number of hydrogen-bond acceptors (Lipinski definition) is 0. The van der Waals surface area contributed by atoms with Gasteiger partial charge in [-0.05, 0) is 12.8 Å². The highest BCUT2D eigenvalue weighted by atomic mass is 13.8. The van der Waals surface area contributed by atoms with E-state index >= 15 is 0 Å². The second-order valence-electron chi connectivity index (χ2n) is 2.97. The van der Waals surface area contributed by atoms with Crippen LogP contribution in [0.5, 0.6) is 0 Å². The molecule has 0 unspecified atom stereocenters. The van der Waals surface area contributed by atoms with Crippen molar-refractivity contribution in [3.63, 3.8) is 0 Å². The van der Waals surface area contributed by atoms with Gasteiger partial charge in [-0.15, -0.1) is 0 Å². The van der Waals surface area contributed by atoms with Crippen LogP contribution in [-0.2, 0) is 0 Å². The van der Waals surface area contributed by atoms with E-state index in [9.17, 15) is 0 Å². The predicted octanol–water partition coefficient (Wildman–Crippen LogP) is 4.12. The van der Waals surface area contributed by atoms with E-state index in [1.54, 1.807) is 0 Å². The molecule has 0 aromatic heterocycles. The SMILES string of the molecule is C1=C\C=C\C=C\CC\C=C\C=C/C=C/1. The average Bonchev–Trinajstić information content (AvgIpc) is 2.22. The van der Waals surface area contributed by atoms with E-state index in [4.69, 9.17) is 0 Å². The van der Waals surface area contributed by atoms with Gasteiger partial charge >= 0.3 is 0 Å². The van der Waals surface area contributed by atoms with Gasteiger partial charge in [0.1, 0.15) is 0 Å². The summed E-state index contributed by atoms with van der Waals surface area (Å²) in [4.78, 5) is 0. The third kappa shape index (κ3) is 6.01. The molecule has 0 aliphatic heterocycles. The Morgan fingerprint density at radius 1 is 0.357 bits per heavy atom. The quantitative estimate of drug-likeness (QED) is 0.531. The van der Waals surface area contributed by atoms with Crippen molar-refractivity contribution in [2.45, 2.75) is 12.8 Å². The molecule has 0 aromatic carbocycles. The van der Waals surface area contributed by atoms with Gasteiger partial charge in [0.15, 0.2) is 0 Å². The first-order valence-electron chi connectivity index (χ1n) is 4.98. The molecule has 1 aliphatic carbocycles. The van der Waals surface area contributed by atoms with Crippen molar-refractivity contribution in [3.8, 4) is 0 Å². The second-order valence-corrected chi connectivity index (χ2v) is 2.97. The first kappa shape index (κ1) is 10.5. The molecule has 0 saturated carbocycles. The lowest BCUT2D eigenvalue weighted by Crippen LogP contribution is -1.63. The van der Waals surface area contributed by atoms with Gasteiger partial charge in [-0.3, -0.25) is 0 Å².